The molecular weight excluding hydrogens is 585 g/mol. The third-order valence-electron chi connectivity index (χ3n) is 5.45. The summed E-state index contributed by atoms with van der Waals surface area (Å²) in [5.41, 5.74) is -0.0763. The van der Waals surface area contributed by atoms with Gasteiger partial charge in [-0.1, -0.05) is 67.0 Å². The van der Waals surface area contributed by atoms with Crippen molar-refractivity contribution < 1.29 is 34.0 Å². The Morgan fingerprint density at radius 2 is 1.79 bits per heavy atom. The fraction of sp³-hybridized carbons (Fsp3) is 0.375. The number of carboxylic acid groups (broad SMARTS) is 1. The van der Waals surface area contributed by atoms with Gasteiger partial charge in [0.15, 0.2) is 0 Å². The average molecular weight is 616 g/mol. The average Bonchev–Trinajstić information content (AvgIpc) is 2.86. The number of hydrogen-bond donors (Lipinski definition) is 6. The van der Waals surface area contributed by atoms with Gasteiger partial charge >= 0.3 is 24.7 Å². The van der Waals surface area contributed by atoms with E-state index in [1.54, 1.807) is 32.9 Å². The largest absolute Gasteiger partial charge is 0.480 e. The number of benzene rings is 2. The van der Waals surface area contributed by atoms with Gasteiger partial charge in [0.05, 0.1) is 17.6 Å². The highest BCUT2D eigenvalue weighted by atomic mass is 79.9. The van der Waals surface area contributed by atoms with Crippen LogP contribution in [0, 0.1) is 5.41 Å². The molecule has 0 saturated heterocycles. The summed E-state index contributed by atoms with van der Waals surface area (Å²) in [5.74, 6) is -1.09. The number of hydrogen-bond acceptors (Lipinski definition) is 8. The van der Waals surface area contributed by atoms with Crippen LogP contribution < -0.4 is 16.4 Å². The lowest BCUT2D eigenvalue weighted by atomic mass is 9.85. The summed E-state index contributed by atoms with van der Waals surface area (Å²) >= 11 is 3.32. The first-order valence-electron chi connectivity index (χ1n) is 11.5. The summed E-state index contributed by atoms with van der Waals surface area (Å²) in [6.45, 7) is 4.82. The van der Waals surface area contributed by atoms with Crippen molar-refractivity contribution in [3.8, 4) is 0 Å². The number of aliphatic hydroxyl groups is 1. The number of nitrogens with one attached hydrogen (secondary N) is 3. The maximum Gasteiger partial charge on any atom is 0.355 e. The van der Waals surface area contributed by atoms with Crippen molar-refractivity contribution in [2.75, 3.05) is 12.8 Å². The molecule has 0 aliphatic rings. The van der Waals surface area contributed by atoms with Crippen LogP contribution in [0.5, 0.6) is 0 Å². The zero-order valence-corrected chi connectivity index (χ0v) is 23.5. The fourth-order valence-electron chi connectivity index (χ4n) is 3.20. The fourth-order valence-corrected chi connectivity index (χ4v) is 4.03. The van der Waals surface area contributed by atoms with E-state index in [0.29, 0.717) is 21.1 Å². The van der Waals surface area contributed by atoms with Crippen LogP contribution in [0.15, 0.2) is 56.5 Å². The molecule has 0 radical (unpaired) electrons. The molecule has 2 unspecified atom stereocenters. The van der Waals surface area contributed by atoms with E-state index in [-0.39, 0.29) is 25.9 Å². The van der Waals surface area contributed by atoms with Crippen LogP contribution in [-0.4, -0.2) is 49.9 Å². The molecule has 1 heterocycles. The van der Waals surface area contributed by atoms with E-state index >= 15 is 0 Å². The van der Waals surface area contributed by atoms with Crippen LogP contribution >= 0.6 is 23.5 Å². The highest BCUT2D eigenvalue weighted by molar-refractivity contribution is 9.10. The highest BCUT2D eigenvalue weighted by Crippen LogP contribution is 2.41. The van der Waals surface area contributed by atoms with Crippen molar-refractivity contribution in [1.29, 1.82) is 0 Å². The summed E-state index contributed by atoms with van der Waals surface area (Å²) in [7, 11) is -3.53. The smallest absolute Gasteiger partial charge is 0.355 e. The summed E-state index contributed by atoms with van der Waals surface area (Å²) in [5, 5.41) is 21.7. The number of carboxylic acids is 1. The molecule has 38 heavy (non-hydrogen) atoms. The number of rotatable bonds is 11. The maximum absolute atomic E-state index is 11.6. The van der Waals surface area contributed by atoms with E-state index in [0.717, 1.165) is 5.56 Å². The Morgan fingerprint density at radius 1 is 1.16 bits per heavy atom. The summed E-state index contributed by atoms with van der Waals surface area (Å²) < 4.78 is 16.0. The van der Waals surface area contributed by atoms with E-state index in [4.69, 9.17) is 4.89 Å². The van der Waals surface area contributed by atoms with Crippen molar-refractivity contribution >= 4 is 40.5 Å². The zero-order valence-electron chi connectivity index (χ0n) is 21.1. The molecule has 0 spiro atoms. The number of fused-ring (bicyclic) bond motifs is 1. The quantitative estimate of drug-likeness (QED) is 0.0808. The first kappa shape index (κ1) is 31.6. The number of aromatic amines is 2. The summed E-state index contributed by atoms with van der Waals surface area (Å²) in [6, 6.07) is 11.7. The number of aromatic nitrogens is 2. The van der Waals surface area contributed by atoms with E-state index in [1.807, 2.05) is 30.3 Å². The number of aliphatic hydroxyl groups excluding tert-OH is 1. The Bertz CT molecular complexity index is 1390. The third kappa shape index (κ3) is 9.28. The predicted octanol–water partition coefficient (Wildman–Crippen LogP) is 2.88. The van der Waals surface area contributed by atoms with Gasteiger partial charge in [-0.3, -0.25) is 24.3 Å². The molecule has 0 aliphatic carbocycles. The monoisotopic (exact) mass is 615 g/mol. The molecule has 0 bridgehead atoms. The lowest BCUT2D eigenvalue weighted by molar-refractivity contribution is -0.223. The van der Waals surface area contributed by atoms with Crippen molar-refractivity contribution in [2.24, 2.45) is 5.41 Å². The number of carbonyl (C=O) groups is 1. The molecule has 2 atom stereocenters. The number of halogens is 1. The Kier molecular flexibility index (Phi) is 11.6. The molecule has 3 aromatic rings. The molecule has 0 saturated carbocycles. The lowest BCUT2D eigenvalue weighted by Gasteiger charge is -2.30. The number of aliphatic carboxylic acids is 1. The number of H-pyrrole nitrogens is 2. The minimum absolute atomic E-state index is 0.0434. The molecule has 2 aromatic carbocycles. The van der Waals surface area contributed by atoms with Gasteiger partial charge in [0.25, 0.3) is 0 Å². The first-order chi connectivity index (χ1) is 17.8. The Labute approximate surface area is 226 Å². The Hall–Kier alpha value is -2.64. The minimum atomic E-state index is -3.53. The van der Waals surface area contributed by atoms with Crippen LogP contribution in [0.25, 0.3) is 11.0 Å². The Balaban J connectivity index is 0.000000308. The molecule has 1 aromatic heterocycles. The molecule has 0 aliphatic heterocycles. The molecular formula is C24H31BrN3O9P. The van der Waals surface area contributed by atoms with Crippen molar-refractivity contribution in [3.63, 3.8) is 0 Å². The van der Waals surface area contributed by atoms with Gasteiger partial charge in [0, 0.05) is 22.6 Å². The molecule has 3 rings (SSSR count). The third-order valence-corrected chi connectivity index (χ3v) is 7.04. The van der Waals surface area contributed by atoms with E-state index in [2.05, 4.69) is 40.8 Å². The molecule has 14 heteroatoms. The summed E-state index contributed by atoms with van der Waals surface area (Å²) in [6.07, 6.45) is 0.0434. The molecule has 0 fully saturated rings. The van der Waals surface area contributed by atoms with Gasteiger partial charge < -0.3 is 25.1 Å². The highest BCUT2D eigenvalue weighted by Gasteiger charge is 2.34. The molecule has 0 amide bonds. The predicted molar refractivity (Wildman–Crippen MR) is 145 cm³/mol. The molecule has 12 nitrogen and oxygen atoms in total. The van der Waals surface area contributed by atoms with Gasteiger partial charge in [-0.2, -0.15) is 0 Å². The van der Waals surface area contributed by atoms with Crippen LogP contribution in [0.2, 0.25) is 0 Å². The second kappa shape index (κ2) is 13.9. The first-order valence-corrected chi connectivity index (χ1v) is 14.0. The van der Waals surface area contributed by atoms with E-state index in [9.17, 15) is 29.2 Å². The maximum atomic E-state index is 11.6. The van der Waals surface area contributed by atoms with Crippen LogP contribution in [0.3, 0.4) is 0 Å². The minimum Gasteiger partial charge on any atom is -0.480 e. The van der Waals surface area contributed by atoms with Crippen molar-refractivity contribution in [3.05, 3.63) is 78.8 Å². The second-order valence-corrected chi connectivity index (χ2v) is 11.9. The van der Waals surface area contributed by atoms with Crippen LogP contribution in [0.4, 0.5) is 0 Å². The topological polar surface area (TPSA) is 191 Å². The van der Waals surface area contributed by atoms with Crippen molar-refractivity contribution in [1.82, 2.24) is 15.3 Å². The second-order valence-electron chi connectivity index (χ2n) is 8.97. The SMILES string of the molecule is CC(C)(CO)C(NCc1cc(Br)cc2[nH]c(=O)c(=O)[nH]c12)C(=O)O.CCP(=O)(O)OOCc1ccccc1. The van der Waals surface area contributed by atoms with Gasteiger partial charge in [0.1, 0.15) is 12.6 Å². The molecule has 6 N–H and O–H groups in total. The van der Waals surface area contributed by atoms with Crippen LogP contribution in [0.1, 0.15) is 31.9 Å². The van der Waals surface area contributed by atoms with Crippen LogP contribution in [-0.2, 0) is 32.1 Å². The zero-order chi connectivity index (χ0) is 28.5. The van der Waals surface area contributed by atoms with Gasteiger partial charge in [0.2, 0.25) is 0 Å². The summed E-state index contributed by atoms with van der Waals surface area (Å²) in [4.78, 5) is 53.1. The standard InChI is InChI=1S/C15H18BrN3O5.C9H13O4P/c1-15(2,6-20)11(14(23)24)17-5-7-3-8(16)4-9-10(7)19-13(22)12(21)18-9;1-2-14(10,11)13-12-8-9-6-4-3-5-7-9/h3-4,11,17,20H,5-6H2,1-2H3,(H,18,21)(H,19,22)(H,23,24);3-7H,2,8H2,1H3,(H,10,11). The van der Waals surface area contributed by atoms with Crippen molar-refractivity contribution in [2.45, 2.75) is 40.0 Å². The normalized spacial score (nSPS) is 13.8. The lowest BCUT2D eigenvalue weighted by Crippen LogP contribution is -2.49. The van der Waals surface area contributed by atoms with Gasteiger partial charge in [-0.25, -0.2) is 4.89 Å². The molecule has 208 valence electrons. The van der Waals surface area contributed by atoms with E-state index < -0.39 is 36.1 Å². The Morgan fingerprint density at radius 3 is 2.37 bits per heavy atom. The van der Waals surface area contributed by atoms with Gasteiger partial charge in [-0.05, 0) is 23.3 Å². The van der Waals surface area contributed by atoms with Gasteiger partial charge in [-0.15, -0.1) is 4.67 Å². The van der Waals surface area contributed by atoms with E-state index in [1.165, 1.54) is 0 Å².